The lowest BCUT2D eigenvalue weighted by molar-refractivity contribution is -0.166. The van der Waals surface area contributed by atoms with E-state index in [1.807, 2.05) is 6.08 Å². The number of ether oxygens (including phenoxy) is 3. The number of carbonyl (C=O) groups excluding carboxylic acids is 3. The highest BCUT2D eigenvalue weighted by atomic mass is 16.6. The molecule has 1 unspecified atom stereocenters. The van der Waals surface area contributed by atoms with Crippen LogP contribution in [-0.4, -0.2) is 37.2 Å². The molecule has 6 heteroatoms. The Hall–Kier alpha value is -3.41. The molecule has 0 fully saturated rings. The lowest BCUT2D eigenvalue weighted by Crippen LogP contribution is -2.30. The van der Waals surface area contributed by atoms with Crippen molar-refractivity contribution in [3.05, 3.63) is 85.1 Å². The summed E-state index contributed by atoms with van der Waals surface area (Å²) in [6, 6.07) is 0. The first kappa shape index (κ1) is 62.6. The Kier molecular flexibility index (Phi) is 51.4. The molecule has 0 aliphatic rings. The van der Waals surface area contributed by atoms with Crippen molar-refractivity contribution in [2.45, 2.75) is 264 Å². The van der Waals surface area contributed by atoms with E-state index in [0.717, 1.165) is 83.5 Å². The van der Waals surface area contributed by atoms with Gasteiger partial charge < -0.3 is 14.2 Å². The molecule has 0 radical (unpaired) electrons. The molecule has 6 nitrogen and oxygen atoms in total. The first-order chi connectivity index (χ1) is 32.5. The fraction of sp³-hybridized carbons (Fsp3) is 0.717. The maximum absolute atomic E-state index is 12.8. The van der Waals surface area contributed by atoms with Gasteiger partial charge in [0.2, 0.25) is 0 Å². The van der Waals surface area contributed by atoms with Crippen molar-refractivity contribution in [3.63, 3.8) is 0 Å². The second-order valence-electron chi connectivity index (χ2n) is 18.1. The van der Waals surface area contributed by atoms with Gasteiger partial charge in [0.05, 0.1) is 6.42 Å². The minimum absolute atomic E-state index is 0.112. The van der Waals surface area contributed by atoms with E-state index in [1.165, 1.54) is 135 Å². The van der Waals surface area contributed by atoms with Gasteiger partial charge in [-0.15, -0.1) is 0 Å². The summed E-state index contributed by atoms with van der Waals surface area (Å²) in [6.07, 6.45) is 70.2. The van der Waals surface area contributed by atoms with Crippen molar-refractivity contribution < 1.29 is 28.6 Å². The highest BCUT2D eigenvalue weighted by Gasteiger charge is 2.19. The number of hydrogen-bond donors (Lipinski definition) is 0. The molecule has 0 aromatic heterocycles. The van der Waals surface area contributed by atoms with Crippen LogP contribution in [0.4, 0.5) is 0 Å². The summed E-state index contributed by atoms with van der Waals surface area (Å²) in [4.78, 5) is 38.0. The van der Waals surface area contributed by atoms with Gasteiger partial charge in [0, 0.05) is 12.8 Å². The molecule has 0 N–H and O–H groups in total. The van der Waals surface area contributed by atoms with Gasteiger partial charge in [0.15, 0.2) is 6.10 Å². The SMILES string of the molecule is CC/C=C\C/C=C\C/C=C\C/C=C\C/C=C\CC(=O)OCC(COC(=O)CCCCCCCCC/C=C\CCCCCCCC)OC(=O)CCCCCCC/C=C\CCCCCCCCC. The van der Waals surface area contributed by atoms with Crippen LogP contribution < -0.4 is 0 Å². The van der Waals surface area contributed by atoms with Crippen LogP contribution in [0, 0.1) is 0 Å². The minimum atomic E-state index is -0.822. The van der Waals surface area contributed by atoms with Gasteiger partial charge in [-0.05, 0) is 96.3 Å². The molecule has 0 aliphatic carbocycles. The predicted molar refractivity (Wildman–Crippen MR) is 284 cm³/mol. The van der Waals surface area contributed by atoms with Crippen molar-refractivity contribution >= 4 is 17.9 Å². The molecular formula is C60H102O6. The minimum Gasteiger partial charge on any atom is -0.462 e. The third kappa shape index (κ3) is 51.6. The van der Waals surface area contributed by atoms with Gasteiger partial charge >= 0.3 is 17.9 Å². The summed E-state index contributed by atoms with van der Waals surface area (Å²) >= 11 is 0. The van der Waals surface area contributed by atoms with Crippen LogP contribution >= 0.6 is 0 Å². The first-order valence-electron chi connectivity index (χ1n) is 27.6. The van der Waals surface area contributed by atoms with Crippen molar-refractivity contribution in [1.29, 1.82) is 0 Å². The zero-order valence-electron chi connectivity index (χ0n) is 43.2. The number of rotatable bonds is 49. The molecule has 0 amide bonds. The van der Waals surface area contributed by atoms with Crippen LogP contribution in [0.1, 0.15) is 258 Å². The molecule has 0 heterocycles. The Morgan fingerprint density at radius 1 is 0.333 bits per heavy atom. The lowest BCUT2D eigenvalue weighted by atomic mass is 10.1. The summed E-state index contributed by atoms with van der Waals surface area (Å²) in [5.41, 5.74) is 0. The predicted octanol–water partition coefficient (Wildman–Crippen LogP) is 18.4. The Morgan fingerprint density at radius 2 is 0.652 bits per heavy atom. The van der Waals surface area contributed by atoms with Gasteiger partial charge in [0.25, 0.3) is 0 Å². The monoisotopic (exact) mass is 919 g/mol. The maximum Gasteiger partial charge on any atom is 0.309 e. The summed E-state index contributed by atoms with van der Waals surface area (Å²) in [7, 11) is 0. The highest BCUT2D eigenvalue weighted by molar-refractivity contribution is 5.72. The quantitative estimate of drug-likeness (QED) is 0.0262. The lowest BCUT2D eigenvalue weighted by Gasteiger charge is -2.18. The molecule has 0 aliphatic heterocycles. The number of allylic oxidation sites excluding steroid dienone is 13. The van der Waals surface area contributed by atoms with E-state index in [9.17, 15) is 14.4 Å². The topological polar surface area (TPSA) is 78.9 Å². The summed E-state index contributed by atoms with van der Waals surface area (Å²) < 4.78 is 16.7. The standard InChI is InChI=1S/C60H102O6/c1-4-7-10-13-16-19-22-25-28-30-33-35-38-41-44-47-50-53-59(62)65-56-57(55-64-58(61)52-49-46-43-40-37-34-31-27-24-21-18-15-12-9-6-3)66-60(63)54-51-48-45-42-39-36-32-29-26-23-20-17-14-11-8-5-2/h9,12,18,21,25,27-29,31-32,37,40,46,49,57H,4-8,10-11,13-17,19-20,22-24,26,30,33-36,38-39,41-45,47-48,50-56H2,1-3H3/b12-9-,21-18-,28-25-,31-27-,32-29-,40-37-,49-46-. The summed E-state index contributed by atoms with van der Waals surface area (Å²) in [5, 5.41) is 0. The summed E-state index contributed by atoms with van der Waals surface area (Å²) in [5.74, 6) is -1.06. The molecule has 0 aromatic carbocycles. The number of carbonyl (C=O) groups is 3. The first-order valence-corrected chi connectivity index (χ1v) is 27.6. The van der Waals surface area contributed by atoms with Crippen molar-refractivity contribution in [3.8, 4) is 0 Å². The Morgan fingerprint density at radius 3 is 1.05 bits per heavy atom. The second kappa shape index (κ2) is 54.2. The van der Waals surface area contributed by atoms with Gasteiger partial charge in [-0.25, -0.2) is 0 Å². The zero-order valence-corrected chi connectivity index (χ0v) is 43.2. The molecule has 0 aromatic rings. The van der Waals surface area contributed by atoms with Crippen LogP contribution in [0.3, 0.4) is 0 Å². The van der Waals surface area contributed by atoms with Crippen LogP contribution in [-0.2, 0) is 28.6 Å². The number of unbranched alkanes of at least 4 members (excludes halogenated alkanes) is 25. The average molecular weight is 919 g/mol. The van der Waals surface area contributed by atoms with Gasteiger partial charge in [-0.1, -0.05) is 228 Å². The third-order valence-electron chi connectivity index (χ3n) is 11.6. The van der Waals surface area contributed by atoms with E-state index < -0.39 is 12.1 Å². The molecule has 1 atom stereocenters. The van der Waals surface area contributed by atoms with E-state index in [1.54, 1.807) is 6.08 Å². The van der Waals surface area contributed by atoms with Gasteiger partial charge in [-0.2, -0.15) is 0 Å². The fourth-order valence-corrected chi connectivity index (χ4v) is 7.50. The maximum atomic E-state index is 12.8. The molecule has 0 saturated carbocycles. The van der Waals surface area contributed by atoms with Crippen molar-refractivity contribution in [2.24, 2.45) is 0 Å². The number of esters is 3. The fourth-order valence-electron chi connectivity index (χ4n) is 7.50. The Labute approximate surface area is 407 Å². The molecule has 0 saturated heterocycles. The van der Waals surface area contributed by atoms with Crippen LogP contribution in [0.5, 0.6) is 0 Å². The van der Waals surface area contributed by atoms with E-state index in [0.29, 0.717) is 12.8 Å². The van der Waals surface area contributed by atoms with E-state index in [2.05, 4.69) is 93.7 Å². The molecule has 0 rings (SSSR count). The molecule has 0 bridgehead atoms. The van der Waals surface area contributed by atoms with Crippen molar-refractivity contribution in [2.75, 3.05) is 13.2 Å². The van der Waals surface area contributed by atoms with Crippen LogP contribution in [0.15, 0.2) is 85.1 Å². The average Bonchev–Trinajstić information content (AvgIpc) is 3.31. The van der Waals surface area contributed by atoms with E-state index >= 15 is 0 Å². The third-order valence-corrected chi connectivity index (χ3v) is 11.6. The van der Waals surface area contributed by atoms with Gasteiger partial charge in [-0.3, -0.25) is 14.4 Å². The normalized spacial score (nSPS) is 12.7. The van der Waals surface area contributed by atoms with E-state index in [4.69, 9.17) is 14.2 Å². The molecule has 378 valence electrons. The summed E-state index contributed by atoms with van der Waals surface area (Å²) in [6.45, 7) is 6.43. The molecular weight excluding hydrogens is 817 g/mol. The molecule has 0 spiro atoms. The number of hydrogen-bond acceptors (Lipinski definition) is 6. The Balaban J connectivity index is 4.50. The zero-order chi connectivity index (χ0) is 47.9. The van der Waals surface area contributed by atoms with Crippen LogP contribution in [0.25, 0.3) is 0 Å². The highest BCUT2D eigenvalue weighted by Crippen LogP contribution is 2.14. The van der Waals surface area contributed by atoms with Crippen LogP contribution in [0.2, 0.25) is 0 Å². The van der Waals surface area contributed by atoms with Gasteiger partial charge in [0.1, 0.15) is 13.2 Å². The van der Waals surface area contributed by atoms with Crippen molar-refractivity contribution in [1.82, 2.24) is 0 Å². The second-order valence-corrected chi connectivity index (χ2v) is 18.1. The molecule has 66 heavy (non-hydrogen) atoms. The Bertz CT molecular complexity index is 1290. The smallest absolute Gasteiger partial charge is 0.309 e. The largest absolute Gasteiger partial charge is 0.462 e. The van der Waals surface area contributed by atoms with E-state index in [-0.39, 0.29) is 31.6 Å².